The molecule has 254 valence electrons. The van der Waals surface area contributed by atoms with E-state index in [1.54, 1.807) is 54.6 Å². The zero-order chi connectivity index (χ0) is 34.5. The molecule has 4 aromatic carbocycles. The maximum absolute atomic E-state index is 13.8. The number of methoxy groups -OCH3 is 1. The normalized spacial score (nSPS) is 18.0. The molecule has 1 fully saturated rings. The molecule has 0 unspecified atom stereocenters. The van der Waals surface area contributed by atoms with Gasteiger partial charge in [-0.05, 0) is 77.7 Å². The van der Waals surface area contributed by atoms with Crippen molar-refractivity contribution in [3.8, 4) is 28.4 Å². The fourth-order valence-corrected chi connectivity index (χ4v) is 7.17. The summed E-state index contributed by atoms with van der Waals surface area (Å²) < 4.78 is 43.6. The lowest BCUT2D eigenvalue weighted by Gasteiger charge is -2.23. The number of hydrogen-bond acceptors (Lipinski definition) is 8. The number of likely N-dealkylation sites (tertiary alicyclic amines) is 1. The molecule has 0 aliphatic carbocycles. The summed E-state index contributed by atoms with van der Waals surface area (Å²) in [4.78, 5) is 41.5. The predicted octanol–water partition coefficient (Wildman–Crippen LogP) is 3.93. The maximum atomic E-state index is 13.8. The summed E-state index contributed by atoms with van der Waals surface area (Å²) in [5.41, 5.74) is 3.73. The second kappa shape index (κ2) is 14.4. The van der Waals surface area contributed by atoms with E-state index in [0.717, 1.165) is 22.3 Å². The average molecular weight is 684 g/mol. The van der Waals surface area contributed by atoms with Gasteiger partial charge in [-0.1, -0.05) is 42.5 Å². The van der Waals surface area contributed by atoms with Crippen LogP contribution in [0.1, 0.15) is 27.9 Å². The van der Waals surface area contributed by atoms with Gasteiger partial charge >= 0.3 is 0 Å². The van der Waals surface area contributed by atoms with Crippen molar-refractivity contribution in [3.63, 3.8) is 0 Å². The van der Waals surface area contributed by atoms with Crippen LogP contribution in [0.4, 0.5) is 0 Å². The zero-order valence-corrected chi connectivity index (χ0v) is 28.0. The third kappa shape index (κ3) is 7.86. The number of fused-ring (bicyclic) bond motifs is 7. The van der Waals surface area contributed by atoms with Gasteiger partial charge < -0.3 is 29.7 Å². The lowest BCUT2D eigenvalue weighted by atomic mass is 9.97. The molecule has 0 radical (unpaired) electrons. The fourth-order valence-electron chi connectivity index (χ4n) is 5.92. The summed E-state index contributed by atoms with van der Waals surface area (Å²) >= 11 is 0. The first-order chi connectivity index (χ1) is 23.6. The molecular formula is C37H37N3O8S. The van der Waals surface area contributed by atoms with Crippen molar-refractivity contribution in [1.29, 1.82) is 0 Å². The molecule has 11 nitrogen and oxygen atoms in total. The molecule has 2 N–H and O–H groups in total. The van der Waals surface area contributed by atoms with E-state index in [9.17, 15) is 22.8 Å². The van der Waals surface area contributed by atoms with Gasteiger partial charge in [0.1, 0.15) is 11.9 Å². The number of benzene rings is 4. The van der Waals surface area contributed by atoms with Gasteiger partial charge in [-0.2, -0.15) is 0 Å². The van der Waals surface area contributed by atoms with Crippen molar-refractivity contribution in [2.45, 2.75) is 36.9 Å². The Morgan fingerprint density at radius 1 is 0.939 bits per heavy atom. The van der Waals surface area contributed by atoms with E-state index >= 15 is 0 Å². The van der Waals surface area contributed by atoms with Gasteiger partial charge in [0.15, 0.2) is 27.9 Å². The van der Waals surface area contributed by atoms with Crippen LogP contribution in [0.15, 0.2) is 95.9 Å². The van der Waals surface area contributed by atoms with E-state index in [-0.39, 0.29) is 61.0 Å². The standard InChI is InChI=1S/C37H37N3O8S/c1-24-11-13-27-19-30(24)26-7-6-8-28(18-26)47-23-35(41)38-20-25-12-14-32(33(17-25)46-2)48-34-22-40(21-31(34)39-37(27)43)36(42)15-16-49(44,45)29-9-4-3-5-10-29/h3-14,17-19,31,34H,15-16,20-23H2,1-2H3,(H,38,41)(H,39,43)/t31-,34-/m0/s1. The van der Waals surface area contributed by atoms with E-state index in [1.165, 1.54) is 24.1 Å². The Hall–Kier alpha value is -5.36. The van der Waals surface area contributed by atoms with Gasteiger partial charge in [0.25, 0.3) is 11.8 Å². The highest BCUT2D eigenvalue weighted by Gasteiger charge is 2.39. The van der Waals surface area contributed by atoms with Crippen molar-refractivity contribution >= 4 is 27.6 Å². The summed E-state index contributed by atoms with van der Waals surface area (Å²) in [5, 5.41) is 5.92. The molecule has 0 saturated carbocycles. The first kappa shape index (κ1) is 33.5. The highest BCUT2D eigenvalue weighted by molar-refractivity contribution is 7.91. The summed E-state index contributed by atoms with van der Waals surface area (Å²) in [6, 6.07) is 25.3. The van der Waals surface area contributed by atoms with Gasteiger partial charge in [-0.3, -0.25) is 14.4 Å². The van der Waals surface area contributed by atoms with Crippen molar-refractivity contribution in [2.24, 2.45) is 0 Å². The van der Waals surface area contributed by atoms with Crippen molar-refractivity contribution in [2.75, 3.05) is 32.6 Å². The Morgan fingerprint density at radius 2 is 1.76 bits per heavy atom. The Balaban J connectivity index is 1.30. The van der Waals surface area contributed by atoms with Gasteiger partial charge in [0.05, 0.1) is 30.3 Å². The highest BCUT2D eigenvalue weighted by atomic mass is 32.2. The molecule has 3 heterocycles. The minimum absolute atomic E-state index is 0.113. The van der Waals surface area contributed by atoms with Gasteiger partial charge in [-0.25, -0.2) is 8.42 Å². The van der Waals surface area contributed by atoms with Crippen LogP contribution in [0.2, 0.25) is 0 Å². The molecule has 0 spiro atoms. The number of rotatable bonds is 5. The molecule has 3 aliphatic heterocycles. The van der Waals surface area contributed by atoms with E-state index in [4.69, 9.17) is 14.2 Å². The Labute approximate surface area is 285 Å². The second-order valence-corrected chi connectivity index (χ2v) is 14.1. The number of sulfone groups is 1. The first-order valence-electron chi connectivity index (χ1n) is 15.9. The van der Waals surface area contributed by atoms with E-state index in [0.29, 0.717) is 22.8 Å². The van der Waals surface area contributed by atoms with E-state index in [2.05, 4.69) is 10.6 Å². The SMILES string of the molecule is COc1cc2ccc1O[C@H]1CN(C(=O)CCS(=O)(=O)c3ccccc3)C[C@@H]1NC(=O)c1ccc(C)c(c1)-c1cccc(c1)OCC(=O)NC2. The van der Waals surface area contributed by atoms with Crippen molar-refractivity contribution in [1.82, 2.24) is 15.5 Å². The highest BCUT2D eigenvalue weighted by Crippen LogP contribution is 2.32. The average Bonchev–Trinajstić information content (AvgIpc) is 3.51. The predicted molar refractivity (Wildman–Crippen MR) is 182 cm³/mol. The molecule has 7 rings (SSSR count). The number of nitrogens with one attached hydrogen (secondary N) is 2. The van der Waals surface area contributed by atoms with Crippen molar-refractivity contribution in [3.05, 3.63) is 108 Å². The summed E-state index contributed by atoms with van der Waals surface area (Å²) in [6.07, 6.45) is -0.902. The largest absolute Gasteiger partial charge is 0.493 e. The minimum Gasteiger partial charge on any atom is -0.493 e. The van der Waals surface area contributed by atoms with Crippen LogP contribution >= 0.6 is 0 Å². The Bertz CT molecular complexity index is 1980. The van der Waals surface area contributed by atoms with Crippen molar-refractivity contribution < 1.29 is 37.0 Å². The van der Waals surface area contributed by atoms with Crippen LogP contribution in [-0.4, -0.2) is 75.7 Å². The fraction of sp³-hybridized carbons (Fsp3) is 0.270. The van der Waals surface area contributed by atoms with Crippen LogP contribution in [0.3, 0.4) is 0 Å². The lowest BCUT2D eigenvalue weighted by molar-refractivity contribution is -0.130. The van der Waals surface area contributed by atoms with Crippen LogP contribution in [0.25, 0.3) is 11.1 Å². The number of carbonyl (C=O) groups excluding carboxylic acids is 3. The molecule has 0 aromatic heterocycles. The number of carbonyl (C=O) groups is 3. The number of ether oxygens (including phenoxy) is 3. The second-order valence-electron chi connectivity index (χ2n) is 12.0. The monoisotopic (exact) mass is 683 g/mol. The maximum Gasteiger partial charge on any atom is 0.258 e. The zero-order valence-electron chi connectivity index (χ0n) is 27.2. The number of nitrogens with zero attached hydrogens (tertiary/aromatic N) is 1. The van der Waals surface area contributed by atoms with Crippen LogP contribution < -0.4 is 24.8 Å². The summed E-state index contributed by atoms with van der Waals surface area (Å²) in [5.74, 6) is -0.0784. The number of aryl methyl sites for hydroxylation is 1. The van der Waals surface area contributed by atoms with Gasteiger partial charge in [0, 0.05) is 25.1 Å². The molecule has 49 heavy (non-hydrogen) atoms. The minimum atomic E-state index is -3.67. The van der Waals surface area contributed by atoms with Gasteiger partial charge in [-0.15, -0.1) is 0 Å². The third-order valence-electron chi connectivity index (χ3n) is 8.63. The third-order valence-corrected chi connectivity index (χ3v) is 10.4. The molecule has 6 bridgehead atoms. The number of hydrogen-bond donors (Lipinski definition) is 2. The smallest absolute Gasteiger partial charge is 0.258 e. The molecular weight excluding hydrogens is 646 g/mol. The molecule has 1 saturated heterocycles. The van der Waals surface area contributed by atoms with Gasteiger partial charge in [0.2, 0.25) is 5.91 Å². The first-order valence-corrected chi connectivity index (χ1v) is 17.6. The van der Waals surface area contributed by atoms with E-state index < -0.39 is 22.0 Å². The molecule has 3 aliphatic rings. The van der Waals surface area contributed by atoms with E-state index in [1.807, 2.05) is 31.2 Å². The molecule has 2 atom stereocenters. The number of amides is 3. The Kier molecular flexibility index (Phi) is 9.86. The molecule has 12 heteroatoms. The summed E-state index contributed by atoms with van der Waals surface area (Å²) in [6.45, 7) is 2.21. The quantitative estimate of drug-likeness (QED) is 0.323. The molecule has 3 amide bonds. The summed E-state index contributed by atoms with van der Waals surface area (Å²) in [7, 11) is -2.17. The van der Waals surface area contributed by atoms with Crippen LogP contribution in [0.5, 0.6) is 17.2 Å². The molecule has 4 aromatic rings. The topological polar surface area (TPSA) is 140 Å². The lowest BCUT2D eigenvalue weighted by Crippen LogP contribution is -2.45. The Morgan fingerprint density at radius 3 is 2.55 bits per heavy atom. The van der Waals surface area contributed by atoms with Crippen LogP contribution in [0, 0.1) is 6.92 Å². The van der Waals surface area contributed by atoms with Crippen LogP contribution in [-0.2, 0) is 26.0 Å².